The van der Waals surface area contributed by atoms with Crippen LogP contribution in [0.25, 0.3) is 21.7 Å². The van der Waals surface area contributed by atoms with Crippen molar-refractivity contribution in [1.29, 1.82) is 0 Å². The lowest BCUT2D eigenvalue weighted by Gasteiger charge is -2.19. The summed E-state index contributed by atoms with van der Waals surface area (Å²) in [6.07, 6.45) is -0.344. The molecule has 156 valence electrons. The summed E-state index contributed by atoms with van der Waals surface area (Å²) < 4.78 is 35.6. The summed E-state index contributed by atoms with van der Waals surface area (Å²) >= 11 is 2.08. The third-order valence-corrected chi connectivity index (χ3v) is 5.78. The van der Waals surface area contributed by atoms with Crippen molar-refractivity contribution < 1.29 is 13.5 Å². The zero-order chi connectivity index (χ0) is 21.5. The zero-order valence-electron chi connectivity index (χ0n) is 16.8. The van der Waals surface area contributed by atoms with Crippen LogP contribution in [0.5, 0.6) is 5.75 Å². The van der Waals surface area contributed by atoms with Crippen molar-refractivity contribution in [2.45, 2.75) is 39.7 Å². The Labute approximate surface area is 181 Å². The molecule has 0 amide bonds. The van der Waals surface area contributed by atoms with Gasteiger partial charge in [0.2, 0.25) is 0 Å². The van der Waals surface area contributed by atoms with Gasteiger partial charge >= 0.3 is 0 Å². The quantitative estimate of drug-likeness (QED) is 0.382. The maximum Gasteiger partial charge on any atom is 0.267 e. The highest BCUT2D eigenvalue weighted by Crippen LogP contribution is 2.36. The van der Waals surface area contributed by atoms with Crippen LogP contribution in [0, 0.1) is 16.4 Å². The van der Waals surface area contributed by atoms with Crippen LogP contribution < -0.4 is 16.0 Å². The van der Waals surface area contributed by atoms with E-state index in [0.717, 1.165) is 9.99 Å². The minimum atomic E-state index is -2.72. The van der Waals surface area contributed by atoms with E-state index in [2.05, 4.69) is 27.6 Å². The number of benzene rings is 1. The molecule has 0 spiro atoms. The third-order valence-electron chi connectivity index (χ3n) is 4.96. The second kappa shape index (κ2) is 8.51. The van der Waals surface area contributed by atoms with E-state index in [0.29, 0.717) is 33.3 Å². The molecule has 1 atom stereocenters. The average molecular weight is 515 g/mol. The summed E-state index contributed by atoms with van der Waals surface area (Å²) in [5.41, 5.74) is 6.72. The molecule has 3 rings (SSSR count). The van der Waals surface area contributed by atoms with Crippen LogP contribution in [-0.2, 0) is 7.05 Å². The van der Waals surface area contributed by atoms with E-state index in [4.69, 9.17) is 10.5 Å². The first-order valence-electron chi connectivity index (χ1n) is 9.39. The monoisotopic (exact) mass is 515 g/mol. The summed E-state index contributed by atoms with van der Waals surface area (Å²) in [7, 11) is 1.62. The molecule has 0 fully saturated rings. The SMILES string of the molecule is Cc1ncc(I)c2c1c(=O)n(C)c1cc(OCC(N)CC(C)C)c(C(F)F)cc21. The van der Waals surface area contributed by atoms with Crippen LogP contribution in [0.4, 0.5) is 8.78 Å². The lowest BCUT2D eigenvalue weighted by atomic mass is 10.0. The summed E-state index contributed by atoms with van der Waals surface area (Å²) in [5.74, 6) is 0.438. The fourth-order valence-corrected chi connectivity index (χ4v) is 4.31. The molecular weight excluding hydrogens is 491 g/mol. The lowest BCUT2D eigenvalue weighted by Crippen LogP contribution is -2.29. The number of halogens is 3. The first-order chi connectivity index (χ1) is 13.6. The number of aryl methyl sites for hydroxylation is 2. The molecule has 0 aliphatic rings. The molecule has 29 heavy (non-hydrogen) atoms. The minimum absolute atomic E-state index is 0.0573. The third kappa shape index (κ3) is 4.23. The molecule has 1 aromatic carbocycles. The summed E-state index contributed by atoms with van der Waals surface area (Å²) in [6, 6.07) is 2.68. The number of alkyl halides is 2. The highest BCUT2D eigenvalue weighted by atomic mass is 127. The van der Waals surface area contributed by atoms with Crippen molar-refractivity contribution in [3.8, 4) is 5.75 Å². The van der Waals surface area contributed by atoms with Gasteiger partial charge in [-0.05, 0) is 47.9 Å². The highest BCUT2D eigenvalue weighted by Gasteiger charge is 2.21. The molecule has 0 aliphatic carbocycles. The molecule has 0 bridgehead atoms. The number of rotatable bonds is 6. The van der Waals surface area contributed by atoms with Gasteiger partial charge in [-0.1, -0.05) is 13.8 Å². The van der Waals surface area contributed by atoms with Crippen LogP contribution in [0.1, 0.15) is 38.0 Å². The average Bonchev–Trinajstić information content (AvgIpc) is 2.65. The van der Waals surface area contributed by atoms with Crippen molar-refractivity contribution in [3.63, 3.8) is 0 Å². The number of pyridine rings is 2. The number of fused-ring (bicyclic) bond motifs is 3. The van der Waals surface area contributed by atoms with Gasteiger partial charge in [0.05, 0.1) is 22.2 Å². The Morgan fingerprint density at radius 1 is 1.28 bits per heavy atom. The summed E-state index contributed by atoms with van der Waals surface area (Å²) in [6.45, 7) is 5.96. The Morgan fingerprint density at radius 3 is 2.59 bits per heavy atom. The Morgan fingerprint density at radius 2 is 1.97 bits per heavy atom. The number of hydrogen-bond acceptors (Lipinski definition) is 4. The van der Waals surface area contributed by atoms with Crippen molar-refractivity contribution >= 4 is 44.3 Å². The largest absolute Gasteiger partial charge is 0.491 e. The van der Waals surface area contributed by atoms with Gasteiger partial charge in [-0.3, -0.25) is 9.78 Å². The maximum atomic E-state index is 13.9. The lowest BCUT2D eigenvalue weighted by molar-refractivity contribution is 0.144. The molecule has 3 aromatic rings. The van der Waals surface area contributed by atoms with E-state index in [1.165, 1.54) is 16.7 Å². The van der Waals surface area contributed by atoms with E-state index < -0.39 is 6.43 Å². The predicted molar refractivity (Wildman–Crippen MR) is 120 cm³/mol. The van der Waals surface area contributed by atoms with Gasteiger partial charge in [0, 0.05) is 39.7 Å². The Kier molecular flexibility index (Phi) is 6.42. The van der Waals surface area contributed by atoms with E-state index in [9.17, 15) is 13.6 Å². The van der Waals surface area contributed by atoms with E-state index in [-0.39, 0.29) is 29.5 Å². The van der Waals surface area contributed by atoms with Crippen molar-refractivity contribution in [1.82, 2.24) is 9.55 Å². The number of ether oxygens (including phenoxy) is 1. The zero-order valence-corrected chi connectivity index (χ0v) is 19.0. The van der Waals surface area contributed by atoms with Crippen LogP contribution in [-0.4, -0.2) is 22.2 Å². The van der Waals surface area contributed by atoms with Gasteiger partial charge in [-0.25, -0.2) is 8.78 Å². The standard InChI is InChI=1S/C21H24F2IN3O2/c1-10(2)5-12(25)9-29-17-7-16-13(6-14(17)20(22)23)19-15(24)8-26-11(3)18(19)21(28)27(16)4/h6-8,10,12,20H,5,9,25H2,1-4H3. The van der Waals surface area contributed by atoms with Crippen molar-refractivity contribution in [2.24, 2.45) is 18.7 Å². The number of nitrogens with two attached hydrogens (primary N) is 1. The fraction of sp³-hybridized carbons (Fsp3) is 0.429. The van der Waals surface area contributed by atoms with Crippen LogP contribution in [0.15, 0.2) is 23.1 Å². The highest BCUT2D eigenvalue weighted by molar-refractivity contribution is 14.1. The number of hydrogen-bond donors (Lipinski definition) is 1. The molecule has 8 heteroatoms. The number of nitrogens with zero attached hydrogens (tertiary/aromatic N) is 2. The second-order valence-electron chi connectivity index (χ2n) is 7.71. The normalized spacial score (nSPS) is 13.0. The second-order valence-corrected chi connectivity index (χ2v) is 8.88. The van der Waals surface area contributed by atoms with Gasteiger partial charge in [0.1, 0.15) is 12.4 Å². The first-order valence-corrected chi connectivity index (χ1v) is 10.5. The van der Waals surface area contributed by atoms with Crippen LogP contribution >= 0.6 is 22.6 Å². The predicted octanol–water partition coefficient (Wildman–Crippen LogP) is 4.69. The molecule has 0 aliphatic heterocycles. The Bertz CT molecular complexity index is 1130. The molecule has 2 N–H and O–H groups in total. The van der Waals surface area contributed by atoms with Crippen molar-refractivity contribution in [2.75, 3.05) is 6.61 Å². The Balaban J connectivity index is 2.24. The Hall–Kier alpha value is -1.81. The smallest absolute Gasteiger partial charge is 0.267 e. The summed E-state index contributed by atoms with van der Waals surface area (Å²) in [4.78, 5) is 17.2. The molecule has 5 nitrogen and oxygen atoms in total. The van der Waals surface area contributed by atoms with Crippen molar-refractivity contribution in [3.05, 3.63) is 43.5 Å². The van der Waals surface area contributed by atoms with Gasteiger partial charge in [0.15, 0.2) is 0 Å². The van der Waals surface area contributed by atoms with Gasteiger partial charge in [0.25, 0.3) is 12.0 Å². The first kappa shape index (κ1) is 21.9. The van der Waals surface area contributed by atoms with Crippen LogP contribution in [0.2, 0.25) is 0 Å². The van der Waals surface area contributed by atoms with E-state index in [1.54, 1.807) is 20.2 Å². The topological polar surface area (TPSA) is 70.1 Å². The van der Waals surface area contributed by atoms with Gasteiger partial charge in [-0.15, -0.1) is 0 Å². The molecule has 1 unspecified atom stereocenters. The molecule has 0 saturated heterocycles. The van der Waals surface area contributed by atoms with E-state index >= 15 is 0 Å². The summed E-state index contributed by atoms with van der Waals surface area (Å²) in [5, 5.41) is 1.66. The van der Waals surface area contributed by atoms with Gasteiger partial charge < -0.3 is 15.0 Å². The molecule has 2 aromatic heterocycles. The molecule has 0 radical (unpaired) electrons. The molecular formula is C21H24F2IN3O2. The minimum Gasteiger partial charge on any atom is -0.491 e. The molecule has 0 saturated carbocycles. The molecule has 2 heterocycles. The number of aromatic nitrogens is 2. The fourth-order valence-electron chi connectivity index (χ4n) is 3.61. The van der Waals surface area contributed by atoms with Crippen LogP contribution in [0.3, 0.4) is 0 Å². The van der Waals surface area contributed by atoms with Gasteiger partial charge in [-0.2, -0.15) is 0 Å². The van der Waals surface area contributed by atoms with E-state index in [1.807, 2.05) is 13.8 Å². The maximum absolute atomic E-state index is 13.9.